The Kier molecular flexibility index (Phi) is 4.76. The van der Waals surface area contributed by atoms with Crippen LogP contribution in [0.5, 0.6) is 17.2 Å². The van der Waals surface area contributed by atoms with Crippen LogP contribution in [-0.2, 0) is 21.4 Å². The first-order valence-electron chi connectivity index (χ1n) is 8.81. The fraction of sp³-hybridized carbons (Fsp3) is 0.316. The lowest BCUT2D eigenvalue weighted by molar-refractivity contribution is -0.128. The molecule has 0 unspecified atom stereocenters. The van der Waals surface area contributed by atoms with Gasteiger partial charge in [-0.15, -0.1) is 0 Å². The molecule has 28 heavy (non-hydrogen) atoms. The number of rotatable bonds is 4. The summed E-state index contributed by atoms with van der Waals surface area (Å²) in [5.41, 5.74) is 1.31. The number of nitrogens with one attached hydrogen (secondary N) is 1. The summed E-state index contributed by atoms with van der Waals surface area (Å²) in [7, 11) is -3.48. The van der Waals surface area contributed by atoms with E-state index in [0.717, 1.165) is 11.8 Å². The van der Waals surface area contributed by atoms with Crippen LogP contribution in [0.1, 0.15) is 12.0 Å². The molecule has 0 aromatic heterocycles. The van der Waals surface area contributed by atoms with Crippen molar-refractivity contribution < 1.29 is 27.4 Å². The lowest BCUT2D eigenvalue weighted by Gasteiger charge is -2.20. The second-order valence-electron chi connectivity index (χ2n) is 6.60. The first-order valence-corrected chi connectivity index (χ1v) is 10.7. The quantitative estimate of drug-likeness (QED) is 0.833. The first-order chi connectivity index (χ1) is 13.4. The summed E-state index contributed by atoms with van der Waals surface area (Å²) in [5.74, 6) is 1.39. The minimum Gasteiger partial charge on any atom is -0.478 e. The first kappa shape index (κ1) is 18.4. The van der Waals surface area contributed by atoms with Gasteiger partial charge in [0.2, 0.25) is 16.8 Å². The highest BCUT2D eigenvalue weighted by Crippen LogP contribution is 2.34. The molecule has 2 aliphatic heterocycles. The van der Waals surface area contributed by atoms with E-state index in [9.17, 15) is 13.2 Å². The normalized spacial score (nSPS) is 18.0. The van der Waals surface area contributed by atoms with Crippen molar-refractivity contribution in [3.05, 3.63) is 48.0 Å². The molecule has 148 valence electrons. The summed E-state index contributed by atoms with van der Waals surface area (Å²) >= 11 is 0. The molecule has 8 nitrogen and oxygen atoms in total. The second kappa shape index (κ2) is 7.23. The topological polar surface area (TPSA) is 94.2 Å². The van der Waals surface area contributed by atoms with E-state index in [0.29, 0.717) is 29.5 Å². The summed E-state index contributed by atoms with van der Waals surface area (Å²) < 4.78 is 42.0. The van der Waals surface area contributed by atoms with Crippen LogP contribution < -0.4 is 23.8 Å². The van der Waals surface area contributed by atoms with Gasteiger partial charge in [-0.1, -0.05) is 18.2 Å². The molecule has 2 heterocycles. The van der Waals surface area contributed by atoms with Crippen LogP contribution in [0.2, 0.25) is 0 Å². The number of para-hydroxylation sites is 2. The van der Waals surface area contributed by atoms with Gasteiger partial charge in [-0.25, -0.2) is 8.42 Å². The Morgan fingerprint density at radius 3 is 2.75 bits per heavy atom. The predicted octanol–water partition coefficient (Wildman–Crippen LogP) is 1.65. The number of anilines is 1. The van der Waals surface area contributed by atoms with Gasteiger partial charge in [-0.05, 0) is 29.8 Å². The third-order valence-corrected chi connectivity index (χ3v) is 5.77. The minimum atomic E-state index is -3.48. The molecule has 0 fully saturated rings. The average Bonchev–Trinajstić information content (AvgIpc) is 3.03. The van der Waals surface area contributed by atoms with Crippen molar-refractivity contribution in [3.8, 4) is 17.2 Å². The highest BCUT2D eigenvalue weighted by atomic mass is 32.2. The zero-order chi connectivity index (χ0) is 19.7. The van der Waals surface area contributed by atoms with Crippen molar-refractivity contribution in [1.82, 2.24) is 5.32 Å². The van der Waals surface area contributed by atoms with Crippen LogP contribution in [0.4, 0.5) is 5.69 Å². The number of sulfonamides is 1. The summed E-state index contributed by atoms with van der Waals surface area (Å²) in [6, 6.07) is 12.3. The number of carbonyl (C=O) groups is 1. The Morgan fingerprint density at radius 2 is 1.93 bits per heavy atom. The standard InChI is InChI=1S/C19H20N2O6S/c1-28(23,24)21-9-8-17(27-15-5-3-2-4-14(15)21)19(22)20-11-13-6-7-16-18(10-13)26-12-25-16/h2-7,10,17H,8-9,11-12H2,1H3,(H,20,22)/t17-/m1/s1. The molecule has 2 aliphatic rings. The SMILES string of the molecule is CS(=O)(=O)N1CC[C@H](C(=O)NCc2ccc3c(c2)OCO3)Oc2ccccc21. The summed E-state index contributed by atoms with van der Waals surface area (Å²) in [6.07, 6.45) is 0.598. The van der Waals surface area contributed by atoms with Gasteiger partial charge in [-0.2, -0.15) is 0 Å². The number of nitrogens with zero attached hydrogens (tertiary/aromatic N) is 1. The Balaban J connectivity index is 1.47. The van der Waals surface area contributed by atoms with E-state index >= 15 is 0 Å². The molecule has 0 radical (unpaired) electrons. The van der Waals surface area contributed by atoms with Crippen molar-refractivity contribution >= 4 is 21.6 Å². The molecule has 4 rings (SSSR count). The van der Waals surface area contributed by atoms with E-state index in [2.05, 4.69) is 5.32 Å². The highest BCUT2D eigenvalue weighted by Gasteiger charge is 2.30. The maximum absolute atomic E-state index is 12.7. The molecule has 1 N–H and O–H groups in total. The Hall–Kier alpha value is -2.94. The third-order valence-electron chi connectivity index (χ3n) is 4.59. The number of benzene rings is 2. The molecule has 0 bridgehead atoms. The van der Waals surface area contributed by atoms with Crippen LogP contribution in [0, 0.1) is 0 Å². The number of carbonyl (C=O) groups excluding carboxylic acids is 1. The largest absolute Gasteiger partial charge is 0.478 e. The molecule has 0 spiro atoms. The third kappa shape index (κ3) is 3.70. The van der Waals surface area contributed by atoms with Crippen molar-refractivity contribution in [2.45, 2.75) is 19.1 Å². The minimum absolute atomic E-state index is 0.165. The van der Waals surface area contributed by atoms with Crippen LogP contribution >= 0.6 is 0 Å². The Labute approximate surface area is 163 Å². The number of hydrogen-bond donors (Lipinski definition) is 1. The molecule has 1 amide bonds. The van der Waals surface area contributed by atoms with Gasteiger partial charge in [0, 0.05) is 19.5 Å². The zero-order valence-electron chi connectivity index (χ0n) is 15.3. The fourth-order valence-corrected chi connectivity index (χ4v) is 4.16. The Bertz CT molecular complexity index is 1010. The number of amides is 1. The molecule has 2 aromatic rings. The van der Waals surface area contributed by atoms with Crippen molar-refractivity contribution in [2.24, 2.45) is 0 Å². The van der Waals surface area contributed by atoms with Gasteiger partial charge in [0.25, 0.3) is 5.91 Å². The Morgan fingerprint density at radius 1 is 1.14 bits per heavy atom. The maximum atomic E-state index is 12.7. The van der Waals surface area contributed by atoms with Crippen molar-refractivity contribution in [1.29, 1.82) is 0 Å². The fourth-order valence-electron chi connectivity index (χ4n) is 3.21. The van der Waals surface area contributed by atoms with E-state index in [4.69, 9.17) is 14.2 Å². The average molecular weight is 404 g/mol. The van der Waals surface area contributed by atoms with Gasteiger partial charge in [-0.3, -0.25) is 9.10 Å². The predicted molar refractivity (Wildman–Crippen MR) is 102 cm³/mol. The summed E-state index contributed by atoms with van der Waals surface area (Å²) in [6.45, 7) is 0.655. The van der Waals surface area contributed by atoms with E-state index in [1.807, 2.05) is 12.1 Å². The van der Waals surface area contributed by atoms with E-state index < -0.39 is 16.1 Å². The molecule has 2 aromatic carbocycles. The molecule has 1 atom stereocenters. The number of ether oxygens (including phenoxy) is 3. The van der Waals surface area contributed by atoms with Crippen LogP contribution in [-0.4, -0.2) is 40.0 Å². The number of fused-ring (bicyclic) bond motifs is 2. The lowest BCUT2D eigenvalue weighted by atomic mass is 10.2. The maximum Gasteiger partial charge on any atom is 0.261 e. The van der Waals surface area contributed by atoms with Gasteiger partial charge in [0.05, 0.1) is 11.9 Å². The molecule has 0 saturated carbocycles. The van der Waals surface area contributed by atoms with Crippen molar-refractivity contribution in [2.75, 3.05) is 23.9 Å². The molecule has 9 heteroatoms. The lowest BCUT2D eigenvalue weighted by Crippen LogP contribution is -2.39. The van der Waals surface area contributed by atoms with Crippen molar-refractivity contribution in [3.63, 3.8) is 0 Å². The monoisotopic (exact) mass is 404 g/mol. The summed E-state index contributed by atoms with van der Waals surface area (Å²) in [5, 5.41) is 2.84. The number of hydrogen-bond acceptors (Lipinski definition) is 6. The highest BCUT2D eigenvalue weighted by molar-refractivity contribution is 7.92. The summed E-state index contributed by atoms with van der Waals surface area (Å²) in [4.78, 5) is 12.7. The van der Waals surface area contributed by atoms with Gasteiger partial charge < -0.3 is 19.5 Å². The smallest absolute Gasteiger partial charge is 0.261 e. The van der Waals surface area contributed by atoms with Crippen LogP contribution in [0.15, 0.2) is 42.5 Å². The molecular formula is C19H20N2O6S. The second-order valence-corrected chi connectivity index (χ2v) is 8.51. The van der Waals surface area contributed by atoms with E-state index in [1.165, 1.54) is 4.31 Å². The van der Waals surface area contributed by atoms with Gasteiger partial charge in [0.15, 0.2) is 17.6 Å². The molecule has 0 saturated heterocycles. The molecular weight excluding hydrogens is 384 g/mol. The van der Waals surface area contributed by atoms with Crippen LogP contribution in [0.3, 0.4) is 0 Å². The zero-order valence-corrected chi connectivity index (χ0v) is 16.1. The van der Waals surface area contributed by atoms with Gasteiger partial charge >= 0.3 is 0 Å². The van der Waals surface area contributed by atoms with E-state index in [-0.39, 0.29) is 25.7 Å². The van der Waals surface area contributed by atoms with Crippen LogP contribution in [0.25, 0.3) is 0 Å². The van der Waals surface area contributed by atoms with E-state index in [1.54, 1.807) is 30.3 Å². The molecule has 0 aliphatic carbocycles. The van der Waals surface area contributed by atoms with Gasteiger partial charge in [0.1, 0.15) is 5.75 Å².